The highest BCUT2D eigenvalue weighted by molar-refractivity contribution is 7.80. The zero-order chi connectivity index (χ0) is 16.5. The number of carbonyl (C=O) groups excluding carboxylic acids is 2. The molecular formula is C13H18N2O6S. The molecule has 8 nitrogen and oxygen atoms in total. The summed E-state index contributed by atoms with van der Waals surface area (Å²) in [5.41, 5.74) is 0.802. The van der Waals surface area contributed by atoms with Crippen LogP contribution in [0.15, 0.2) is 24.3 Å². The third-order valence-electron chi connectivity index (χ3n) is 2.61. The van der Waals surface area contributed by atoms with Gasteiger partial charge in [0.2, 0.25) is 0 Å². The fourth-order valence-electron chi connectivity index (χ4n) is 1.61. The first-order valence-corrected chi connectivity index (χ1v) is 7.14. The Labute approximate surface area is 132 Å². The fourth-order valence-corrected chi connectivity index (χ4v) is 1.85. The summed E-state index contributed by atoms with van der Waals surface area (Å²) in [5, 5.41) is 19.9. The minimum Gasteiger partial charge on any atom is -0.566 e. The van der Waals surface area contributed by atoms with Gasteiger partial charge in [0, 0.05) is 11.3 Å². The summed E-state index contributed by atoms with van der Waals surface area (Å²) < 4.78 is 4.83. The Bertz CT molecular complexity index is 511. The van der Waals surface area contributed by atoms with Crippen molar-refractivity contribution in [1.82, 2.24) is 5.32 Å². The molecule has 0 saturated heterocycles. The summed E-state index contributed by atoms with van der Waals surface area (Å²) in [7, 11) is 0. The van der Waals surface area contributed by atoms with Gasteiger partial charge in [0.15, 0.2) is 0 Å². The summed E-state index contributed by atoms with van der Waals surface area (Å²) in [6.45, 7) is 1.71. The van der Waals surface area contributed by atoms with Gasteiger partial charge in [-0.25, -0.2) is 4.79 Å². The molecule has 1 aromatic rings. The molecule has 3 N–H and O–H groups in total. The van der Waals surface area contributed by atoms with Gasteiger partial charge >= 0.3 is 5.97 Å². The average Bonchev–Trinajstić information content (AvgIpc) is 2.50. The van der Waals surface area contributed by atoms with E-state index < -0.39 is 23.3 Å². The Kier molecular flexibility index (Phi) is 7.85. The van der Waals surface area contributed by atoms with Crippen LogP contribution in [-0.2, 0) is 21.0 Å². The van der Waals surface area contributed by atoms with Crippen LogP contribution >= 0.6 is 12.6 Å². The lowest BCUT2D eigenvalue weighted by Crippen LogP contribution is -3.03. The molecule has 2 atom stereocenters. The number of carbonyl (C=O) groups is 2. The SMILES string of the molecule is CCOC(=O)C(CS)NC(=O)c1cccc(CO[NH+]([O-])O)c1. The molecule has 0 fully saturated rings. The molecule has 0 aromatic heterocycles. The Hall–Kier alpha value is -1.65. The molecule has 0 saturated carbocycles. The van der Waals surface area contributed by atoms with Crippen LogP contribution in [0.2, 0.25) is 0 Å². The second-order valence-corrected chi connectivity index (χ2v) is 4.58. The van der Waals surface area contributed by atoms with E-state index in [0.29, 0.717) is 5.56 Å². The molecule has 0 aliphatic heterocycles. The van der Waals surface area contributed by atoms with Crippen LogP contribution < -0.4 is 10.7 Å². The zero-order valence-electron chi connectivity index (χ0n) is 11.9. The lowest BCUT2D eigenvalue weighted by Gasteiger charge is -2.15. The van der Waals surface area contributed by atoms with Gasteiger partial charge in [-0.05, 0) is 24.6 Å². The first-order chi connectivity index (χ1) is 10.5. The molecule has 0 radical (unpaired) electrons. The first kappa shape index (κ1) is 18.4. The number of hydrogen-bond acceptors (Lipinski definition) is 7. The second kappa shape index (κ2) is 9.38. The van der Waals surface area contributed by atoms with Crippen LogP contribution in [0.3, 0.4) is 0 Å². The molecule has 0 heterocycles. The number of amides is 1. The predicted molar refractivity (Wildman–Crippen MR) is 79.1 cm³/mol. The molecule has 2 unspecified atom stereocenters. The van der Waals surface area contributed by atoms with Gasteiger partial charge in [0.25, 0.3) is 5.91 Å². The minimum atomic E-state index is -1.40. The molecule has 0 spiro atoms. The maximum Gasteiger partial charge on any atom is 0.329 e. The highest BCUT2D eigenvalue weighted by atomic mass is 32.1. The van der Waals surface area contributed by atoms with Crippen molar-refractivity contribution in [2.45, 2.75) is 19.6 Å². The van der Waals surface area contributed by atoms with Gasteiger partial charge in [-0.3, -0.25) is 4.79 Å². The number of benzene rings is 1. The molecular weight excluding hydrogens is 312 g/mol. The standard InChI is InChI=1S/C13H18N2O6S/c1-2-20-13(17)11(8-22)14-12(16)10-5-3-4-9(6-10)7-21-15(18)19/h3-6,11,15,18,22H,2,7-8H2,1H3,(H,14,16). The van der Waals surface area contributed by atoms with Crippen LogP contribution in [0.5, 0.6) is 0 Å². The number of nitrogens with one attached hydrogen (secondary N) is 2. The third-order valence-corrected chi connectivity index (χ3v) is 2.98. The van der Waals surface area contributed by atoms with Gasteiger partial charge in [-0.15, -0.1) is 0 Å². The van der Waals surface area contributed by atoms with Crippen LogP contribution in [0, 0.1) is 5.21 Å². The first-order valence-electron chi connectivity index (χ1n) is 6.51. The van der Waals surface area contributed by atoms with Crippen molar-refractivity contribution in [2.24, 2.45) is 0 Å². The lowest BCUT2D eigenvalue weighted by molar-refractivity contribution is -1.21. The number of hydrogen-bond donors (Lipinski definition) is 4. The average molecular weight is 330 g/mol. The molecule has 1 rings (SSSR count). The van der Waals surface area contributed by atoms with E-state index in [1.807, 2.05) is 0 Å². The number of esters is 1. The van der Waals surface area contributed by atoms with Crippen molar-refractivity contribution in [3.63, 3.8) is 0 Å². The molecule has 22 heavy (non-hydrogen) atoms. The summed E-state index contributed by atoms with van der Waals surface area (Å²) >= 11 is 4.01. The molecule has 0 aliphatic rings. The van der Waals surface area contributed by atoms with Gasteiger partial charge in [0.1, 0.15) is 12.6 Å². The number of rotatable bonds is 8. The Morgan fingerprint density at radius 2 is 2.23 bits per heavy atom. The topological polar surface area (TPSA) is 112 Å². The fraction of sp³-hybridized carbons (Fsp3) is 0.385. The van der Waals surface area contributed by atoms with Crippen LogP contribution in [-0.4, -0.2) is 35.5 Å². The number of quaternary nitrogens is 1. The van der Waals surface area contributed by atoms with Crippen LogP contribution in [0.25, 0.3) is 0 Å². The smallest absolute Gasteiger partial charge is 0.329 e. The minimum absolute atomic E-state index is 0.104. The molecule has 0 aliphatic carbocycles. The van der Waals surface area contributed by atoms with Gasteiger partial charge in [-0.1, -0.05) is 17.5 Å². The van der Waals surface area contributed by atoms with Crippen molar-refractivity contribution in [3.8, 4) is 0 Å². The molecule has 1 amide bonds. The second-order valence-electron chi connectivity index (χ2n) is 4.22. The van der Waals surface area contributed by atoms with E-state index in [9.17, 15) is 14.8 Å². The van der Waals surface area contributed by atoms with E-state index in [-0.39, 0.29) is 24.5 Å². The van der Waals surface area contributed by atoms with E-state index in [1.54, 1.807) is 25.1 Å². The summed E-state index contributed by atoms with van der Waals surface area (Å²) in [6, 6.07) is 5.39. The Balaban J connectivity index is 2.71. The molecule has 0 bridgehead atoms. The predicted octanol–water partition coefficient (Wildman–Crippen LogP) is -0.519. The highest BCUT2D eigenvalue weighted by Crippen LogP contribution is 2.07. The largest absolute Gasteiger partial charge is 0.566 e. The maximum absolute atomic E-state index is 12.1. The highest BCUT2D eigenvalue weighted by Gasteiger charge is 2.21. The third kappa shape index (κ3) is 6.00. The summed E-state index contributed by atoms with van der Waals surface area (Å²) in [6.07, 6.45) is 0. The normalized spacial score (nSPS) is 13.3. The van der Waals surface area contributed by atoms with Crippen LogP contribution in [0.1, 0.15) is 22.8 Å². The van der Waals surface area contributed by atoms with Gasteiger partial charge in [0.05, 0.1) is 6.61 Å². The van der Waals surface area contributed by atoms with E-state index >= 15 is 0 Å². The van der Waals surface area contributed by atoms with Crippen molar-refractivity contribution in [1.29, 1.82) is 0 Å². The quantitative estimate of drug-likeness (QED) is 0.290. The molecule has 9 heteroatoms. The summed E-state index contributed by atoms with van der Waals surface area (Å²) in [4.78, 5) is 28.2. The van der Waals surface area contributed by atoms with Crippen molar-refractivity contribution in [2.75, 3.05) is 12.4 Å². The van der Waals surface area contributed by atoms with Crippen LogP contribution in [0.4, 0.5) is 0 Å². The maximum atomic E-state index is 12.1. The Morgan fingerprint density at radius 3 is 2.82 bits per heavy atom. The number of ether oxygens (including phenoxy) is 1. The lowest BCUT2D eigenvalue weighted by atomic mass is 10.1. The zero-order valence-corrected chi connectivity index (χ0v) is 12.8. The number of thiol groups is 1. The van der Waals surface area contributed by atoms with E-state index in [0.717, 1.165) is 0 Å². The van der Waals surface area contributed by atoms with Crippen molar-refractivity contribution < 1.29 is 29.8 Å². The monoisotopic (exact) mass is 330 g/mol. The summed E-state index contributed by atoms with van der Waals surface area (Å²) in [5.74, 6) is -0.938. The van der Waals surface area contributed by atoms with Crippen molar-refractivity contribution >= 4 is 24.5 Å². The van der Waals surface area contributed by atoms with E-state index in [1.165, 1.54) is 6.07 Å². The molecule has 122 valence electrons. The van der Waals surface area contributed by atoms with Crippen molar-refractivity contribution in [3.05, 3.63) is 40.6 Å². The van der Waals surface area contributed by atoms with Gasteiger partial charge in [-0.2, -0.15) is 22.7 Å². The van der Waals surface area contributed by atoms with E-state index in [2.05, 4.69) is 22.8 Å². The Morgan fingerprint density at radius 1 is 1.50 bits per heavy atom. The van der Waals surface area contributed by atoms with Gasteiger partial charge < -0.3 is 15.3 Å². The molecule has 1 aromatic carbocycles. The van der Waals surface area contributed by atoms with E-state index in [4.69, 9.17) is 9.94 Å².